The summed E-state index contributed by atoms with van der Waals surface area (Å²) in [6.07, 6.45) is 8.49. The van der Waals surface area contributed by atoms with Gasteiger partial charge in [-0.15, -0.1) is 0 Å². The van der Waals surface area contributed by atoms with E-state index in [-0.39, 0.29) is 11.5 Å². The minimum atomic E-state index is 0.140. The molecular weight excluding hydrogens is 352 g/mol. The minimum absolute atomic E-state index is 0.140. The van der Waals surface area contributed by atoms with Crippen molar-refractivity contribution in [3.8, 4) is 17.2 Å². The molecule has 2 unspecified atom stereocenters. The minimum Gasteiger partial charge on any atom is -0.508 e. The van der Waals surface area contributed by atoms with Crippen molar-refractivity contribution in [2.45, 2.75) is 25.7 Å². The number of hydrogen-bond acceptors (Lipinski definition) is 5. The summed E-state index contributed by atoms with van der Waals surface area (Å²) in [5.41, 5.74) is 1.86. The number of hydrogen-bond donors (Lipinski definition) is 2. The van der Waals surface area contributed by atoms with Gasteiger partial charge in [-0.1, -0.05) is 18.6 Å². The molecular formula is C23H28N2O3. The van der Waals surface area contributed by atoms with E-state index in [0.717, 1.165) is 30.6 Å². The van der Waals surface area contributed by atoms with Crippen molar-refractivity contribution in [1.29, 1.82) is 0 Å². The number of benzene rings is 2. The molecule has 0 radical (unpaired) electrons. The molecule has 0 aromatic heterocycles. The van der Waals surface area contributed by atoms with E-state index in [1.165, 1.54) is 19.3 Å². The molecule has 0 aliphatic heterocycles. The Kier molecular flexibility index (Phi) is 7.06. The molecule has 28 heavy (non-hydrogen) atoms. The third-order valence-corrected chi connectivity index (χ3v) is 5.17. The highest BCUT2D eigenvalue weighted by Gasteiger charge is 2.21. The maximum Gasteiger partial charge on any atom is 0.161 e. The average molecular weight is 380 g/mol. The van der Waals surface area contributed by atoms with Gasteiger partial charge in [0.25, 0.3) is 0 Å². The molecule has 148 valence electrons. The van der Waals surface area contributed by atoms with Crippen molar-refractivity contribution >= 4 is 12.4 Å². The Balaban J connectivity index is 1.48. The smallest absolute Gasteiger partial charge is 0.161 e. The molecule has 0 saturated heterocycles. The lowest BCUT2D eigenvalue weighted by Gasteiger charge is -2.27. The van der Waals surface area contributed by atoms with Crippen LogP contribution in [0.4, 0.5) is 0 Å². The highest BCUT2D eigenvalue weighted by molar-refractivity contribution is 5.81. The summed E-state index contributed by atoms with van der Waals surface area (Å²) in [6, 6.07) is 12.4. The van der Waals surface area contributed by atoms with E-state index in [0.29, 0.717) is 17.6 Å². The van der Waals surface area contributed by atoms with E-state index in [1.54, 1.807) is 31.4 Å². The Morgan fingerprint density at radius 1 is 0.964 bits per heavy atom. The highest BCUT2D eigenvalue weighted by Crippen LogP contribution is 2.30. The van der Waals surface area contributed by atoms with Gasteiger partial charge in [-0.3, -0.25) is 9.98 Å². The van der Waals surface area contributed by atoms with Crippen LogP contribution in [-0.2, 0) is 0 Å². The van der Waals surface area contributed by atoms with Crippen LogP contribution in [0, 0.1) is 11.8 Å². The Labute approximate surface area is 166 Å². The Bertz CT molecular complexity index is 832. The number of phenols is 2. The number of nitrogens with zero attached hydrogens (tertiary/aromatic N) is 2. The Hall–Kier alpha value is -2.82. The summed E-state index contributed by atoms with van der Waals surface area (Å²) in [4.78, 5) is 9.20. The van der Waals surface area contributed by atoms with Gasteiger partial charge in [0.1, 0.15) is 5.75 Å². The lowest BCUT2D eigenvalue weighted by molar-refractivity contribution is 0.278. The summed E-state index contributed by atoms with van der Waals surface area (Å²) in [5, 5.41) is 19.2. The topological polar surface area (TPSA) is 74.4 Å². The molecule has 0 bridgehead atoms. The maximum absolute atomic E-state index is 9.66. The van der Waals surface area contributed by atoms with Crippen molar-refractivity contribution in [2.75, 3.05) is 20.2 Å². The number of phenolic OH excluding ortho intramolecular Hbond substituents is 2. The molecule has 1 aliphatic rings. The normalized spacial score (nSPS) is 20.0. The SMILES string of the molecule is COc1cc(C=NCC2CCCC(CN=Cc3cccc(O)c3)C2)ccc1O. The van der Waals surface area contributed by atoms with Crippen molar-refractivity contribution in [3.05, 3.63) is 53.6 Å². The van der Waals surface area contributed by atoms with Crippen LogP contribution in [0.2, 0.25) is 0 Å². The van der Waals surface area contributed by atoms with Crippen molar-refractivity contribution in [1.82, 2.24) is 0 Å². The Morgan fingerprint density at radius 3 is 2.29 bits per heavy atom. The van der Waals surface area contributed by atoms with Gasteiger partial charge in [-0.05, 0) is 72.6 Å². The fourth-order valence-electron chi connectivity index (χ4n) is 3.73. The molecule has 1 saturated carbocycles. The quantitative estimate of drug-likeness (QED) is 0.697. The zero-order chi connectivity index (χ0) is 19.8. The van der Waals surface area contributed by atoms with Crippen molar-refractivity contribution < 1.29 is 14.9 Å². The van der Waals surface area contributed by atoms with Gasteiger partial charge in [-0.25, -0.2) is 0 Å². The number of aliphatic imine (C=N–C) groups is 2. The fourth-order valence-corrected chi connectivity index (χ4v) is 3.73. The van der Waals surface area contributed by atoms with Gasteiger partial charge in [0.2, 0.25) is 0 Å². The third kappa shape index (κ3) is 5.84. The zero-order valence-corrected chi connectivity index (χ0v) is 16.3. The van der Waals surface area contributed by atoms with Crippen LogP contribution in [0.25, 0.3) is 0 Å². The standard InChI is InChI=1S/C23H28N2O3/c1-28-23-12-20(8-9-22(23)27)16-25-14-18-5-2-4-17(10-18)13-24-15-19-6-3-7-21(26)11-19/h3,6-9,11-12,15-18,26-27H,2,4-5,10,13-14H2,1H3. The van der Waals surface area contributed by atoms with E-state index in [9.17, 15) is 10.2 Å². The number of rotatable bonds is 7. The lowest BCUT2D eigenvalue weighted by atomic mass is 9.81. The van der Waals surface area contributed by atoms with E-state index in [4.69, 9.17) is 4.74 Å². The van der Waals surface area contributed by atoms with Crippen LogP contribution in [0.15, 0.2) is 52.4 Å². The second-order valence-corrected chi connectivity index (χ2v) is 7.41. The van der Waals surface area contributed by atoms with Crippen molar-refractivity contribution in [2.24, 2.45) is 21.8 Å². The molecule has 0 amide bonds. The average Bonchev–Trinajstić information content (AvgIpc) is 2.70. The van der Waals surface area contributed by atoms with Crippen LogP contribution in [-0.4, -0.2) is 42.8 Å². The molecule has 2 aromatic rings. The molecule has 2 N–H and O–H groups in total. The van der Waals surface area contributed by atoms with Crippen LogP contribution in [0.5, 0.6) is 17.2 Å². The first-order chi connectivity index (χ1) is 13.6. The van der Waals surface area contributed by atoms with Crippen molar-refractivity contribution in [3.63, 3.8) is 0 Å². The first-order valence-electron chi connectivity index (χ1n) is 9.79. The molecule has 1 fully saturated rings. The second kappa shape index (κ2) is 9.93. The molecule has 3 rings (SSSR count). The summed E-state index contributed by atoms with van der Waals surface area (Å²) < 4.78 is 5.13. The van der Waals surface area contributed by atoms with Crippen LogP contribution in [0.3, 0.4) is 0 Å². The zero-order valence-electron chi connectivity index (χ0n) is 16.3. The first-order valence-corrected chi connectivity index (χ1v) is 9.79. The molecule has 5 heteroatoms. The van der Waals surface area contributed by atoms with Gasteiger partial charge in [0.15, 0.2) is 11.5 Å². The van der Waals surface area contributed by atoms with Gasteiger partial charge >= 0.3 is 0 Å². The molecule has 0 heterocycles. The van der Waals surface area contributed by atoms with Crippen LogP contribution in [0.1, 0.15) is 36.8 Å². The van der Waals surface area contributed by atoms with Gasteiger partial charge in [0.05, 0.1) is 7.11 Å². The lowest BCUT2D eigenvalue weighted by Crippen LogP contribution is -2.20. The molecule has 0 spiro atoms. The second-order valence-electron chi connectivity index (χ2n) is 7.41. The summed E-state index contributed by atoms with van der Waals surface area (Å²) in [6.45, 7) is 1.64. The highest BCUT2D eigenvalue weighted by atomic mass is 16.5. The summed E-state index contributed by atoms with van der Waals surface area (Å²) in [5.74, 6) is 2.05. The Morgan fingerprint density at radius 2 is 1.64 bits per heavy atom. The molecule has 1 aliphatic carbocycles. The van der Waals surface area contributed by atoms with Gasteiger partial charge in [-0.2, -0.15) is 0 Å². The number of aromatic hydroxyl groups is 2. The number of ether oxygens (including phenoxy) is 1. The van der Waals surface area contributed by atoms with Gasteiger partial charge < -0.3 is 14.9 Å². The summed E-state index contributed by atoms with van der Waals surface area (Å²) >= 11 is 0. The van der Waals surface area contributed by atoms with Gasteiger partial charge in [0, 0.05) is 25.5 Å². The monoisotopic (exact) mass is 380 g/mol. The maximum atomic E-state index is 9.66. The van der Waals surface area contributed by atoms with E-state index >= 15 is 0 Å². The number of methoxy groups -OCH3 is 1. The van der Waals surface area contributed by atoms with Crippen LogP contribution < -0.4 is 4.74 Å². The molecule has 2 aromatic carbocycles. The van der Waals surface area contributed by atoms with E-state index in [1.807, 2.05) is 30.6 Å². The molecule has 2 atom stereocenters. The first kappa shape index (κ1) is 19.9. The largest absolute Gasteiger partial charge is 0.508 e. The third-order valence-electron chi connectivity index (χ3n) is 5.17. The van der Waals surface area contributed by atoms with E-state index < -0.39 is 0 Å². The predicted octanol–water partition coefficient (Wildman–Crippen LogP) is 4.45. The van der Waals surface area contributed by atoms with Crippen LogP contribution >= 0.6 is 0 Å². The predicted molar refractivity (Wildman–Crippen MR) is 113 cm³/mol. The molecule has 5 nitrogen and oxygen atoms in total. The fraction of sp³-hybridized carbons (Fsp3) is 0.391. The summed E-state index contributed by atoms with van der Waals surface area (Å²) in [7, 11) is 1.54. The van der Waals surface area contributed by atoms with E-state index in [2.05, 4.69) is 9.98 Å².